The third kappa shape index (κ3) is 4.31. The van der Waals surface area contributed by atoms with Crippen LogP contribution in [-0.4, -0.2) is 41.4 Å². The van der Waals surface area contributed by atoms with Gasteiger partial charge >= 0.3 is 0 Å². The van der Waals surface area contributed by atoms with E-state index < -0.39 is 0 Å². The monoisotopic (exact) mass is 358 g/mol. The number of aromatic nitrogens is 2. The molecule has 1 unspecified atom stereocenters. The third-order valence-electron chi connectivity index (χ3n) is 5.09. The number of nitrogens with zero attached hydrogens (tertiary/aromatic N) is 1. The lowest BCUT2D eigenvalue weighted by molar-refractivity contribution is -0.919. The second kappa shape index (κ2) is 8.01. The molecule has 0 aliphatic carbocycles. The Morgan fingerprint density at radius 2 is 2.04 bits per heavy atom. The van der Waals surface area contributed by atoms with Gasteiger partial charge < -0.3 is 19.7 Å². The smallest absolute Gasteiger partial charge is 0.260 e. The van der Waals surface area contributed by atoms with Crippen LogP contribution in [0.3, 0.4) is 0 Å². The van der Waals surface area contributed by atoms with E-state index >= 15 is 0 Å². The van der Waals surface area contributed by atoms with E-state index in [4.69, 9.17) is 9.72 Å². The molecule has 26 heavy (non-hydrogen) atoms. The number of nitrogens with one attached hydrogen (secondary N) is 2. The zero-order valence-corrected chi connectivity index (χ0v) is 15.7. The molecule has 0 saturated carbocycles. The summed E-state index contributed by atoms with van der Waals surface area (Å²) in [7, 11) is 1.64. The van der Waals surface area contributed by atoms with Crippen molar-refractivity contribution in [2.45, 2.75) is 39.3 Å². The van der Waals surface area contributed by atoms with Gasteiger partial charge in [0.1, 0.15) is 30.8 Å². The van der Waals surface area contributed by atoms with E-state index in [0.29, 0.717) is 25.3 Å². The second-order valence-corrected chi connectivity index (χ2v) is 7.40. The summed E-state index contributed by atoms with van der Waals surface area (Å²) in [5.41, 5.74) is 2.70. The number of ether oxygens (including phenoxy) is 1. The molecule has 0 bridgehead atoms. The molecule has 0 fully saturated rings. The van der Waals surface area contributed by atoms with Crippen LogP contribution in [0.1, 0.15) is 36.5 Å². The van der Waals surface area contributed by atoms with Crippen molar-refractivity contribution >= 4 is 0 Å². The third-order valence-corrected chi connectivity index (χ3v) is 5.09. The van der Waals surface area contributed by atoms with Gasteiger partial charge in [-0.2, -0.15) is 0 Å². The van der Waals surface area contributed by atoms with E-state index in [0.717, 1.165) is 35.5 Å². The van der Waals surface area contributed by atoms with Crippen LogP contribution in [0.25, 0.3) is 0 Å². The summed E-state index contributed by atoms with van der Waals surface area (Å²) in [6.07, 6.45) is 1.03. The highest BCUT2D eigenvalue weighted by molar-refractivity contribution is 5.29. The zero-order valence-electron chi connectivity index (χ0n) is 15.7. The first-order valence-corrected chi connectivity index (χ1v) is 9.21. The number of fused-ring (bicyclic) bond motifs is 1. The first-order valence-electron chi connectivity index (χ1n) is 9.21. The predicted octanol–water partition coefficient (Wildman–Crippen LogP) is 0.327. The molecule has 3 rings (SSSR count). The van der Waals surface area contributed by atoms with E-state index in [1.54, 1.807) is 7.11 Å². The Labute approximate surface area is 153 Å². The second-order valence-electron chi connectivity index (χ2n) is 7.40. The van der Waals surface area contributed by atoms with Crippen LogP contribution >= 0.6 is 0 Å². The predicted molar refractivity (Wildman–Crippen MR) is 99.6 cm³/mol. The number of hydrogen-bond donors (Lipinski definition) is 3. The summed E-state index contributed by atoms with van der Waals surface area (Å²) in [6.45, 7) is 6.23. The molecule has 6 heteroatoms. The molecule has 6 nitrogen and oxygen atoms in total. The van der Waals surface area contributed by atoms with Crippen LogP contribution in [0.15, 0.2) is 29.1 Å². The molecule has 2 aromatic rings. The van der Waals surface area contributed by atoms with E-state index in [-0.39, 0.29) is 17.6 Å². The minimum absolute atomic E-state index is 0.0465. The topological polar surface area (TPSA) is 79.6 Å². The molecular formula is C20H28N3O3+. The van der Waals surface area contributed by atoms with Crippen molar-refractivity contribution in [1.29, 1.82) is 0 Å². The SMILES string of the molecule is COc1ccc(Cc2nc3c(c(=O)[nH]2)C[NH+](C[C@@H](O)C(C)C)CC3)cc1. The Hall–Kier alpha value is -2.18. The van der Waals surface area contributed by atoms with E-state index in [9.17, 15) is 9.90 Å². The molecular weight excluding hydrogens is 330 g/mol. The van der Waals surface area contributed by atoms with E-state index in [1.807, 2.05) is 38.1 Å². The van der Waals surface area contributed by atoms with Crippen molar-refractivity contribution in [3.8, 4) is 5.75 Å². The largest absolute Gasteiger partial charge is 0.497 e. The van der Waals surface area contributed by atoms with E-state index in [1.165, 1.54) is 4.90 Å². The maximum Gasteiger partial charge on any atom is 0.260 e. The van der Waals surface area contributed by atoms with Gasteiger partial charge in [-0.1, -0.05) is 26.0 Å². The highest BCUT2D eigenvalue weighted by Gasteiger charge is 2.26. The molecule has 1 aliphatic heterocycles. The standard InChI is InChI=1S/C20H27N3O3/c1-13(2)18(24)12-23-9-8-17-16(11-23)20(25)22-19(21-17)10-14-4-6-15(26-3)7-5-14/h4-7,13,18,24H,8-12H2,1-3H3,(H,21,22,25)/p+1/t18-/m1/s1. The molecule has 0 amide bonds. The summed E-state index contributed by atoms with van der Waals surface area (Å²) in [5, 5.41) is 10.1. The zero-order chi connectivity index (χ0) is 18.7. The molecule has 1 aromatic carbocycles. The molecule has 1 aliphatic rings. The number of benzene rings is 1. The molecule has 3 N–H and O–H groups in total. The quantitative estimate of drug-likeness (QED) is 0.695. The maximum atomic E-state index is 12.5. The van der Waals surface area contributed by atoms with Gasteiger partial charge in [0.25, 0.3) is 5.56 Å². The van der Waals surface area contributed by atoms with Crippen LogP contribution in [0.4, 0.5) is 0 Å². The van der Waals surface area contributed by atoms with Crippen LogP contribution in [-0.2, 0) is 19.4 Å². The number of aliphatic hydroxyl groups excluding tert-OH is 1. The molecule has 140 valence electrons. The molecule has 0 spiro atoms. The highest BCUT2D eigenvalue weighted by Crippen LogP contribution is 2.14. The minimum atomic E-state index is -0.340. The number of quaternary nitrogens is 1. The number of H-pyrrole nitrogens is 1. The normalized spacial score (nSPS) is 17.8. The first-order chi connectivity index (χ1) is 12.5. The number of hydrogen-bond acceptors (Lipinski definition) is 4. The molecule has 2 heterocycles. The van der Waals surface area contributed by atoms with Crippen LogP contribution in [0, 0.1) is 5.92 Å². The Morgan fingerprint density at radius 1 is 1.31 bits per heavy atom. The molecule has 0 saturated heterocycles. The molecule has 0 radical (unpaired) electrons. The lowest BCUT2D eigenvalue weighted by atomic mass is 10.0. The van der Waals surface area contributed by atoms with Crippen molar-refractivity contribution in [1.82, 2.24) is 9.97 Å². The number of rotatable bonds is 6. The van der Waals surface area contributed by atoms with Crippen LogP contribution in [0.5, 0.6) is 5.75 Å². The maximum absolute atomic E-state index is 12.5. The van der Waals surface area contributed by atoms with Crippen molar-refractivity contribution in [3.63, 3.8) is 0 Å². The van der Waals surface area contributed by atoms with Crippen molar-refractivity contribution in [2.75, 3.05) is 20.2 Å². The van der Waals surface area contributed by atoms with Crippen molar-refractivity contribution < 1.29 is 14.7 Å². The van der Waals surface area contributed by atoms with Crippen LogP contribution in [0.2, 0.25) is 0 Å². The van der Waals surface area contributed by atoms with Gasteiger partial charge in [-0.25, -0.2) is 4.98 Å². The summed E-state index contributed by atoms with van der Waals surface area (Å²) < 4.78 is 5.17. The van der Waals surface area contributed by atoms with Gasteiger partial charge in [-0.05, 0) is 23.6 Å². The van der Waals surface area contributed by atoms with Gasteiger partial charge in [0, 0.05) is 12.8 Å². The van der Waals surface area contributed by atoms with E-state index in [2.05, 4.69) is 4.98 Å². The van der Waals surface area contributed by atoms with Crippen LogP contribution < -0.4 is 15.2 Å². The Kier molecular flexibility index (Phi) is 5.74. The Balaban J connectivity index is 1.73. The highest BCUT2D eigenvalue weighted by atomic mass is 16.5. The van der Waals surface area contributed by atoms with Crippen molar-refractivity contribution in [2.24, 2.45) is 5.92 Å². The first kappa shape index (κ1) is 18.6. The fourth-order valence-electron chi connectivity index (χ4n) is 3.34. The van der Waals surface area contributed by atoms with Gasteiger partial charge in [0.15, 0.2) is 0 Å². The minimum Gasteiger partial charge on any atom is -0.497 e. The van der Waals surface area contributed by atoms with Gasteiger partial charge in [0.05, 0.1) is 24.9 Å². The van der Waals surface area contributed by atoms with Gasteiger partial charge in [-0.15, -0.1) is 0 Å². The summed E-state index contributed by atoms with van der Waals surface area (Å²) >= 11 is 0. The lowest BCUT2D eigenvalue weighted by Crippen LogP contribution is -3.13. The number of aromatic amines is 1. The Morgan fingerprint density at radius 3 is 2.69 bits per heavy atom. The average Bonchev–Trinajstić information content (AvgIpc) is 2.63. The fraction of sp³-hybridized carbons (Fsp3) is 0.500. The summed E-state index contributed by atoms with van der Waals surface area (Å²) in [5.74, 6) is 1.74. The van der Waals surface area contributed by atoms with Gasteiger partial charge in [-0.3, -0.25) is 4.79 Å². The lowest BCUT2D eigenvalue weighted by Gasteiger charge is -2.27. The summed E-state index contributed by atoms with van der Waals surface area (Å²) in [4.78, 5) is 21.4. The number of methoxy groups -OCH3 is 1. The Bertz CT molecular complexity index is 799. The average molecular weight is 358 g/mol. The van der Waals surface area contributed by atoms with Crippen molar-refractivity contribution in [3.05, 3.63) is 57.3 Å². The molecule has 1 aromatic heterocycles. The molecule has 2 atom stereocenters. The van der Waals surface area contributed by atoms with Gasteiger partial charge in [0.2, 0.25) is 0 Å². The summed E-state index contributed by atoms with van der Waals surface area (Å²) in [6, 6.07) is 7.79. The fourth-order valence-corrected chi connectivity index (χ4v) is 3.34. The number of aliphatic hydroxyl groups is 1.